The molecule has 0 bridgehead atoms. The van der Waals surface area contributed by atoms with Crippen molar-refractivity contribution in [2.75, 3.05) is 0 Å². The summed E-state index contributed by atoms with van der Waals surface area (Å²) < 4.78 is 10.8. The Labute approximate surface area is 302 Å². The maximum absolute atomic E-state index is 6.57. The number of fused-ring (bicyclic) bond motifs is 3. The lowest BCUT2D eigenvalue weighted by Crippen LogP contribution is -2.14. The fourth-order valence-corrected chi connectivity index (χ4v) is 8.27. The smallest absolute Gasteiger partial charge is 0.137 e. The number of pyridine rings is 1. The molecule has 0 aliphatic heterocycles. The molecular formula is C46H50N4O. The third-order valence-electron chi connectivity index (χ3n) is 10.2. The van der Waals surface area contributed by atoms with Crippen LogP contribution < -0.4 is 4.74 Å². The normalized spacial score (nSPS) is 11.9. The Balaban J connectivity index is 1.28. The Morgan fingerprint density at radius 1 is 0.667 bits per heavy atom. The maximum Gasteiger partial charge on any atom is 0.137 e. The molecule has 5 nitrogen and oxygen atoms in total. The summed E-state index contributed by atoms with van der Waals surface area (Å²) >= 11 is 0. The number of para-hydroxylation sites is 1. The molecule has 0 N–H and O–H groups in total. The van der Waals surface area contributed by atoms with Gasteiger partial charge in [0.05, 0.1) is 22.9 Å². The SMILES string of the molecule is CCc1c(-c2cnn(-c3cccc(Oc4ccc5c6ccccc6n(-c6cc(C)ccn6)c5c4)c3)c2)c(CC)c(C(C)C)c(C(C)C)c1C(C)C. The van der Waals surface area contributed by atoms with E-state index in [2.05, 4.69) is 140 Å². The number of aryl methyl sites for hydroxylation is 1. The Morgan fingerprint density at radius 2 is 1.33 bits per heavy atom. The first-order valence-electron chi connectivity index (χ1n) is 18.6. The summed E-state index contributed by atoms with van der Waals surface area (Å²) in [6.45, 7) is 20.8. The van der Waals surface area contributed by atoms with Gasteiger partial charge in [-0.25, -0.2) is 9.67 Å². The van der Waals surface area contributed by atoms with E-state index < -0.39 is 0 Å². The summed E-state index contributed by atoms with van der Waals surface area (Å²) in [5.41, 5.74) is 14.4. The highest BCUT2D eigenvalue weighted by atomic mass is 16.5. The topological polar surface area (TPSA) is 44.9 Å². The van der Waals surface area contributed by atoms with Crippen LogP contribution in [0, 0.1) is 6.92 Å². The van der Waals surface area contributed by atoms with Crippen molar-refractivity contribution < 1.29 is 4.74 Å². The molecule has 5 heteroatoms. The molecule has 51 heavy (non-hydrogen) atoms. The molecule has 0 unspecified atom stereocenters. The van der Waals surface area contributed by atoms with Crippen molar-refractivity contribution in [2.24, 2.45) is 0 Å². The Hall–Kier alpha value is -5.16. The molecule has 0 spiro atoms. The van der Waals surface area contributed by atoms with E-state index in [1.165, 1.54) is 49.7 Å². The van der Waals surface area contributed by atoms with Crippen molar-refractivity contribution in [2.45, 2.75) is 92.9 Å². The maximum atomic E-state index is 6.57. The monoisotopic (exact) mass is 674 g/mol. The number of hydrogen-bond donors (Lipinski definition) is 0. The minimum absolute atomic E-state index is 0.442. The van der Waals surface area contributed by atoms with Crippen molar-refractivity contribution in [1.29, 1.82) is 0 Å². The molecule has 3 aromatic heterocycles. The van der Waals surface area contributed by atoms with Gasteiger partial charge in [-0.15, -0.1) is 0 Å². The van der Waals surface area contributed by atoms with Crippen LogP contribution in [-0.2, 0) is 12.8 Å². The number of nitrogens with zero attached hydrogens (tertiary/aromatic N) is 4. The van der Waals surface area contributed by atoms with Gasteiger partial charge in [0, 0.05) is 40.9 Å². The number of hydrogen-bond acceptors (Lipinski definition) is 3. The molecule has 7 rings (SSSR count). The highest BCUT2D eigenvalue weighted by Crippen LogP contribution is 2.45. The zero-order valence-electron chi connectivity index (χ0n) is 31.6. The summed E-state index contributed by atoms with van der Waals surface area (Å²) in [7, 11) is 0. The van der Waals surface area contributed by atoms with Crippen molar-refractivity contribution in [1.82, 2.24) is 19.3 Å². The minimum Gasteiger partial charge on any atom is -0.457 e. The van der Waals surface area contributed by atoms with Crippen LogP contribution in [0.5, 0.6) is 11.5 Å². The van der Waals surface area contributed by atoms with Crippen LogP contribution in [0.3, 0.4) is 0 Å². The quantitative estimate of drug-likeness (QED) is 0.145. The van der Waals surface area contributed by atoms with Gasteiger partial charge < -0.3 is 4.74 Å². The van der Waals surface area contributed by atoms with Crippen molar-refractivity contribution in [3.8, 4) is 34.1 Å². The average Bonchev–Trinajstić information content (AvgIpc) is 3.73. The molecule has 0 saturated heterocycles. The van der Waals surface area contributed by atoms with Gasteiger partial charge in [-0.3, -0.25) is 4.57 Å². The van der Waals surface area contributed by atoms with Gasteiger partial charge in [0.1, 0.15) is 17.3 Å². The predicted octanol–water partition coefficient (Wildman–Crippen LogP) is 12.6. The van der Waals surface area contributed by atoms with Gasteiger partial charge >= 0.3 is 0 Å². The number of benzene rings is 4. The lowest BCUT2D eigenvalue weighted by molar-refractivity contribution is 0.483. The van der Waals surface area contributed by atoms with Gasteiger partial charge in [0.15, 0.2) is 0 Å². The second kappa shape index (κ2) is 13.9. The Kier molecular flexibility index (Phi) is 9.32. The van der Waals surface area contributed by atoms with Crippen LogP contribution >= 0.6 is 0 Å². The number of ether oxygens (including phenoxy) is 1. The predicted molar refractivity (Wildman–Crippen MR) is 213 cm³/mol. The second-order valence-corrected chi connectivity index (χ2v) is 14.7. The summed E-state index contributed by atoms with van der Waals surface area (Å²) in [4.78, 5) is 4.74. The molecule has 0 saturated carbocycles. The summed E-state index contributed by atoms with van der Waals surface area (Å²) in [6, 6.07) is 27.2. The van der Waals surface area contributed by atoms with E-state index in [9.17, 15) is 0 Å². The van der Waals surface area contributed by atoms with Crippen molar-refractivity contribution >= 4 is 21.8 Å². The summed E-state index contributed by atoms with van der Waals surface area (Å²) in [5, 5.41) is 7.29. The van der Waals surface area contributed by atoms with Gasteiger partial charge in [-0.1, -0.05) is 79.7 Å². The van der Waals surface area contributed by atoms with E-state index in [1.54, 1.807) is 5.56 Å². The van der Waals surface area contributed by atoms with Crippen LogP contribution in [0.15, 0.2) is 97.5 Å². The molecule has 0 aliphatic carbocycles. The molecule has 0 aliphatic rings. The first kappa shape index (κ1) is 34.3. The largest absolute Gasteiger partial charge is 0.457 e. The second-order valence-electron chi connectivity index (χ2n) is 14.7. The molecule has 7 aromatic rings. The Bertz CT molecular complexity index is 2330. The summed E-state index contributed by atoms with van der Waals surface area (Å²) in [6.07, 6.45) is 8.11. The number of rotatable bonds is 10. The molecule has 0 amide bonds. The highest BCUT2D eigenvalue weighted by molar-refractivity contribution is 6.09. The lowest BCUT2D eigenvalue weighted by atomic mass is 9.73. The molecule has 0 radical (unpaired) electrons. The molecule has 0 atom stereocenters. The van der Waals surface area contributed by atoms with Crippen LogP contribution in [-0.4, -0.2) is 19.3 Å². The van der Waals surface area contributed by atoms with Gasteiger partial charge in [0.25, 0.3) is 0 Å². The van der Waals surface area contributed by atoms with E-state index in [-0.39, 0.29) is 0 Å². The highest BCUT2D eigenvalue weighted by Gasteiger charge is 2.27. The van der Waals surface area contributed by atoms with E-state index in [1.807, 2.05) is 29.1 Å². The average molecular weight is 675 g/mol. The standard InChI is InChI=1S/C46H50N4O/c1-10-36-43(28(3)4)45(30(7)8)44(29(5)6)37(11-2)46(36)32-26-48-49(27-32)33-15-14-16-34(24-33)51-35-19-20-39-38-17-12-13-18-40(38)50(41(39)25-35)42-23-31(9)21-22-47-42/h12-30H,10-11H2,1-9H3. The van der Waals surface area contributed by atoms with Crippen LogP contribution in [0.25, 0.3) is 44.4 Å². The van der Waals surface area contributed by atoms with Gasteiger partial charge in [-0.05, 0) is 119 Å². The minimum atomic E-state index is 0.442. The van der Waals surface area contributed by atoms with Crippen LogP contribution in [0.1, 0.15) is 107 Å². The van der Waals surface area contributed by atoms with E-state index >= 15 is 0 Å². The molecule has 3 heterocycles. The van der Waals surface area contributed by atoms with E-state index in [4.69, 9.17) is 14.8 Å². The van der Waals surface area contributed by atoms with Gasteiger partial charge in [-0.2, -0.15) is 5.10 Å². The van der Waals surface area contributed by atoms with Gasteiger partial charge in [0.2, 0.25) is 0 Å². The van der Waals surface area contributed by atoms with E-state index in [0.717, 1.165) is 46.9 Å². The van der Waals surface area contributed by atoms with Crippen molar-refractivity contribution in [3.05, 3.63) is 131 Å². The van der Waals surface area contributed by atoms with Crippen LogP contribution in [0.2, 0.25) is 0 Å². The fourth-order valence-electron chi connectivity index (χ4n) is 8.27. The molecule has 4 aromatic carbocycles. The zero-order valence-corrected chi connectivity index (χ0v) is 31.6. The van der Waals surface area contributed by atoms with Crippen LogP contribution in [0.4, 0.5) is 0 Å². The molecular weight excluding hydrogens is 625 g/mol. The van der Waals surface area contributed by atoms with Crippen molar-refractivity contribution in [3.63, 3.8) is 0 Å². The molecule has 0 fully saturated rings. The first-order valence-corrected chi connectivity index (χ1v) is 18.6. The summed E-state index contributed by atoms with van der Waals surface area (Å²) in [5.74, 6) is 3.78. The third-order valence-corrected chi connectivity index (χ3v) is 10.2. The lowest BCUT2D eigenvalue weighted by Gasteiger charge is -2.31. The van der Waals surface area contributed by atoms with E-state index in [0.29, 0.717) is 17.8 Å². The first-order chi connectivity index (χ1) is 24.6. The Morgan fingerprint density at radius 3 is 2.00 bits per heavy atom. The molecule has 260 valence electrons. The fraction of sp³-hybridized carbons (Fsp3) is 0.304. The zero-order chi connectivity index (χ0) is 36.0. The third kappa shape index (κ3) is 6.13. The number of aromatic nitrogens is 4.